The molecule has 0 saturated carbocycles. The summed E-state index contributed by atoms with van der Waals surface area (Å²) >= 11 is 1.61. The number of ether oxygens (including phenoxy) is 1. The predicted octanol–water partition coefficient (Wildman–Crippen LogP) is 0.371. The summed E-state index contributed by atoms with van der Waals surface area (Å²) in [6, 6.07) is 0. The van der Waals surface area contributed by atoms with E-state index >= 15 is 0 Å². The number of amides is 1. The Morgan fingerprint density at radius 2 is 2.08 bits per heavy atom. The van der Waals surface area contributed by atoms with Gasteiger partial charge in [-0.15, -0.1) is 0 Å². The highest BCUT2D eigenvalue weighted by atomic mass is 32.2. The molecule has 0 spiro atoms. The first-order valence-corrected chi connectivity index (χ1v) is 5.33. The van der Waals surface area contributed by atoms with E-state index in [2.05, 4.69) is 0 Å². The summed E-state index contributed by atoms with van der Waals surface area (Å²) in [7, 11) is 1.57. The van der Waals surface area contributed by atoms with Crippen LogP contribution in [0.3, 0.4) is 0 Å². The molecule has 0 unspecified atom stereocenters. The van der Waals surface area contributed by atoms with Gasteiger partial charge in [-0.25, -0.2) is 0 Å². The van der Waals surface area contributed by atoms with Gasteiger partial charge in [0.25, 0.3) is 0 Å². The standard InChI is InChI=1S/C8H15NO3S/c1-7(10)9(2)6-8(11)12-4-5-13-3/h4-6H2,1-3H3. The number of carbonyl (C=O) groups excluding carboxylic acids is 2. The van der Waals surface area contributed by atoms with E-state index in [1.807, 2.05) is 6.26 Å². The van der Waals surface area contributed by atoms with Crippen molar-refractivity contribution in [2.24, 2.45) is 0 Å². The lowest BCUT2D eigenvalue weighted by Crippen LogP contribution is -2.31. The van der Waals surface area contributed by atoms with Crippen LogP contribution < -0.4 is 0 Å². The molecular weight excluding hydrogens is 190 g/mol. The predicted molar refractivity (Wildman–Crippen MR) is 52.7 cm³/mol. The molecule has 0 N–H and O–H groups in total. The second-order valence-corrected chi connectivity index (χ2v) is 3.57. The van der Waals surface area contributed by atoms with E-state index < -0.39 is 0 Å². The van der Waals surface area contributed by atoms with E-state index in [0.717, 1.165) is 5.75 Å². The van der Waals surface area contributed by atoms with Crippen molar-refractivity contribution in [2.45, 2.75) is 6.92 Å². The van der Waals surface area contributed by atoms with Gasteiger partial charge in [-0.2, -0.15) is 11.8 Å². The zero-order valence-corrected chi connectivity index (χ0v) is 9.02. The molecule has 0 atom stereocenters. The number of thioether (sulfide) groups is 1. The highest BCUT2D eigenvalue weighted by Crippen LogP contribution is 1.92. The maximum Gasteiger partial charge on any atom is 0.325 e. The molecule has 0 aliphatic carbocycles. The smallest absolute Gasteiger partial charge is 0.325 e. The van der Waals surface area contributed by atoms with Gasteiger partial charge in [0.2, 0.25) is 5.91 Å². The van der Waals surface area contributed by atoms with E-state index in [1.165, 1.54) is 11.8 Å². The van der Waals surface area contributed by atoms with Crippen molar-refractivity contribution in [2.75, 3.05) is 32.2 Å². The van der Waals surface area contributed by atoms with Gasteiger partial charge in [-0.05, 0) is 6.26 Å². The summed E-state index contributed by atoms with van der Waals surface area (Å²) in [6.45, 7) is 1.85. The Bertz CT molecular complexity index is 184. The van der Waals surface area contributed by atoms with Crippen LogP contribution in [-0.4, -0.2) is 49.0 Å². The molecule has 0 aliphatic heterocycles. The van der Waals surface area contributed by atoms with Crippen LogP contribution >= 0.6 is 11.8 Å². The Balaban J connectivity index is 3.56. The maximum atomic E-state index is 11.0. The Kier molecular flexibility index (Phi) is 6.40. The Morgan fingerprint density at radius 3 is 2.54 bits per heavy atom. The van der Waals surface area contributed by atoms with Crippen LogP contribution in [0.2, 0.25) is 0 Å². The normalized spacial score (nSPS) is 9.46. The van der Waals surface area contributed by atoms with E-state index in [4.69, 9.17) is 4.74 Å². The zero-order valence-electron chi connectivity index (χ0n) is 8.20. The van der Waals surface area contributed by atoms with Crippen molar-refractivity contribution in [3.63, 3.8) is 0 Å². The fraction of sp³-hybridized carbons (Fsp3) is 0.750. The quantitative estimate of drug-likeness (QED) is 0.480. The van der Waals surface area contributed by atoms with Gasteiger partial charge < -0.3 is 9.64 Å². The number of carbonyl (C=O) groups is 2. The van der Waals surface area contributed by atoms with Crippen LogP contribution in [0.4, 0.5) is 0 Å². The monoisotopic (exact) mass is 205 g/mol. The zero-order chi connectivity index (χ0) is 10.3. The minimum Gasteiger partial charge on any atom is -0.463 e. The number of esters is 1. The first-order chi connectivity index (χ1) is 6.07. The molecule has 0 aromatic carbocycles. The van der Waals surface area contributed by atoms with E-state index in [-0.39, 0.29) is 18.4 Å². The highest BCUT2D eigenvalue weighted by Gasteiger charge is 2.08. The van der Waals surface area contributed by atoms with Crippen LogP contribution in [0.15, 0.2) is 0 Å². The van der Waals surface area contributed by atoms with E-state index in [1.54, 1.807) is 18.8 Å². The van der Waals surface area contributed by atoms with Crippen molar-refractivity contribution in [3.8, 4) is 0 Å². The molecule has 0 aromatic rings. The van der Waals surface area contributed by atoms with Crippen LogP contribution in [-0.2, 0) is 14.3 Å². The Morgan fingerprint density at radius 1 is 1.46 bits per heavy atom. The summed E-state index contributed by atoms with van der Waals surface area (Å²) in [6.07, 6.45) is 1.94. The van der Waals surface area contributed by atoms with Gasteiger partial charge in [-0.1, -0.05) is 0 Å². The topological polar surface area (TPSA) is 46.6 Å². The van der Waals surface area contributed by atoms with Crippen molar-refractivity contribution in [1.29, 1.82) is 0 Å². The third-order valence-electron chi connectivity index (χ3n) is 1.45. The van der Waals surface area contributed by atoms with E-state index in [9.17, 15) is 9.59 Å². The Hall–Kier alpha value is -0.710. The van der Waals surface area contributed by atoms with Gasteiger partial charge in [0.15, 0.2) is 0 Å². The van der Waals surface area contributed by atoms with Gasteiger partial charge in [-0.3, -0.25) is 9.59 Å². The molecule has 4 nitrogen and oxygen atoms in total. The fourth-order valence-corrected chi connectivity index (χ4v) is 0.839. The second kappa shape index (κ2) is 6.77. The van der Waals surface area contributed by atoms with Crippen LogP contribution in [0.25, 0.3) is 0 Å². The lowest BCUT2D eigenvalue weighted by molar-refractivity contribution is -0.147. The summed E-state index contributed by atoms with van der Waals surface area (Å²) in [5.41, 5.74) is 0. The number of likely N-dealkylation sites (N-methyl/N-ethyl adjacent to an activating group) is 1. The fourth-order valence-electron chi connectivity index (χ4n) is 0.589. The third kappa shape index (κ3) is 6.45. The maximum absolute atomic E-state index is 11.0. The van der Waals surface area contributed by atoms with Crippen LogP contribution in [0, 0.1) is 0 Å². The first kappa shape index (κ1) is 12.3. The van der Waals surface area contributed by atoms with Crippen molar-refractivity contribution in [1.82, 2.24) is 4.90 Å². The molecule has 1 amide bonds. The molecule has 0 fully saturated rings. The van der Waals surface area contributed by atoms with Crippen LogP contribution in [0.5, 0.6) is 0 Å². The molecule has 5 heteroatoms. The average Bonchev–Trinajstić information content (AvgIpc) is 2.04. The van der Waals surface area contributed by atoms with Gasteiger partial charge in [0, 0.05) is 19.7 Å². The summed E-state index contributed by atoms with van der Waals surface area (Å²) in [5.74, 6) is 0.295. The Labute approximate surface area is 82.6 Å². The average molecular weight is 205 g/mol. The molecule has 0 aromatic heterocycles. The van der Waals surface area contributed by atoms with Crippen molar-refractivity contribution in [3.05, 3.63) is 0 Å². The lowest BCUT2D eigenvalue weighted by atomic mass is 10.5. The summed E-state index contributed by atoms with van der Waals surface area (Å²) in [5, 5.41) is 0. The van der Waals surface area contributed by atoms with Crippen molar-refractivity contribution >= 4 is 23.6 Å². The molecular formula is C8H15NO3S. The second-order valence-electron chi connectivity index (χ2n) is 2.59. The highest BCUT2D eigenvalue weighted by molar-refractivity contribution is 7.98. The third-order valence-corrected chi connectivity index (χ3v) is 2.03. The van der Waals surface area contributed by atoms with Crippen molar-refractivity contribution < 1.29 is 14.3 Å². The van der Waals surface area contributed by atoms with Gasteiger partial charge in [0.1, 0.15) is 13.2 Å². The minimum atomic E-state index is -0.355. The molecule has 0 bridgehead atoms. The van der Waals surface area contributed by atoms with E-state index in [0.29, 0.717) is 6.61 Å². The number of hydrogen-bond acceptors (Lipinski definition) is 4. The van der Waals surface area contributed by atoms with Crippen LogP contribution in [0.1, 0.15) is 6.92 Å². The summed E-state index contributed by atoms with van der Waals surface area (Å²) in [4.78, 5) is 23.1. The molecule has 0 heterocycles. The molecule has 0 radical (unpaired) electrons. The summed E-state index contributed by atoms with van der Waals surface area (Å²) < 4.78 is 4.85. The minimum absolute atomic E-state index is 0.0315. The largest absolute Gasteiger partial charge is 0.463 e. The number of rotatable bonds is 5. The lowest BCUT2D eigenvalue weighted by Gasteiger charge is -2.13. The first-order valence-electron chi connectivity index (χ1n) is 3.94. The number of hydrogen-bond donors (Lipinski definition) is 0. The molecule has 0 aliphatic rings. The molecule has 0 rings (SSSR count). The van der Waals surface area contributed by atoms with Gasteiger partial charge in [0.05, 0.1) is 0 Å². The van der Waals surface area contributed by atoms with Gasteiger partial charge >= 0.3 is 5.97 Å². The molecule has 13 heavy (non-hydrogen) atoms. The molecule has 76 valence electrons. The number of nitrogens with zero attached hydrogens (tertiary/aromatic N) is 1. The SMILES string of the molecule is CSCCOC(=O)CN(C)C(C)=O. The molecule has 0 saturated heterocycles.